The Morgan fingerprint density at radius 2 is 2.09 bits per heavy atom. The van der Waals surface area contributed by atoms with E-state index >= 15 is 0 Å². The lowest BCUT2D eigenvalue weighted by Crippen LogP contribution is -1.93. The van der Waals surface area contributed by atoms with Crippen LogP contribution in [0.25, 0.3) is 20.8 Å². The molecule has 2 aromatic carbocycles. The molecule has 8 heteroatoms. The van der Waals surface area contributed by atoms with Gasteiger partial charge in [-0.3, -0.25) is 10.1 Å². The number of rotatable bonds is 3. The third-order valence-electron chi connectivity index (χ3n) is 3.52. The second kappa shape index (κ2) is 5.10. The van der Waals surface area contributed by atoms with Crippen molar-refractivity contribution in [2.24, 2.45) is 0 Å². The molecule has 0 bridgehead atoms. The van der Waals surface area contributed by atoms with Gasteiger partial charge in [0.05, 0.1) is 17.5 Å². The maximum Gasteiger partial charge on any atom is 0.330 e. The summed E-state index contributed by atoms with van der Waals surface area (Å²) in [5.74, 6) is 1.56. The van der Waals surface area contributed by atoms with Crippen LogP contribution in [-0.2, 0) is 0 Å². The molecule has 0 unspecified atom stereocenters. The Kier molecular flexibility index (Phi) is 3.05. The number of thiazole rings is 1. The summed E-state index contributed by atoms with van der Waals surface area (Å²) in [6.07, 6.45) is 0. The lowest BCUT2D eigenvalue weighted by molar-refractivity contribution is -0.383. The molecule has 0 saturated carbocycles. The zero-order valence-electron chi connectivity index (χ0n) is 11.9. The molecule has 23 heavy (non-hydrogen) atoms. The molecule has 0 aliphatic carbocycles. The van der Waals surface area contributed by atoms with E-state index in [0.29, 0.717) is 26.7 Å². The summed E-state index contributed by atoms with van der Waals surface area (Å²) in [7, 11) is 1.41. The third kappa shape index (κ3) is 2.15. The van der Waals surface area contributed by atoms with E-state index in [0.717, 1.165) is 5.56 Å². The number of nitrogens with zero attached hydrogens (tertiary/aromatic N) is 2. The molecule has 0 N–H and O–H groups in total. The monoisotopic (exact) mass is 330 g/mol. The molecule has 2 heterocycles. The SMILES string of the molecule is COc1ccc2nc(-c3ccc4c(c3)OCO4)sc2c1[N+](=O)[O-]. The maximum atomic E-state index is 11.4. The zero-order valence-corrected chi connectivity index (χ0v) is 12.8. The van der Waals surface area contributed by atoms with Crippen molar-refractivity contribution in [1.29, 1.82) is 0 Å². The van der Waals surface area contributed by atoms with Gasteiger partial charge < -0.3 is 14.2 Å². The molecule has 0 fully saturated rings. The molecule has 0 atom stereocenters. The van der Waals surface area contributed by atoms with Gasteiger partial charge >= 0.3 is 5.69 Å². The standard InChI is InChI=1S/C15H10N2O5S/c1-20-11-5-3-9-14(13(11)17(18)19)23-15(16-9)8-2-4-10-12(6-8)22-7-21-10/h2-6H,7H2,1H3. The van der Waals surface area contributed by atoms with E-state index in [2.05, 4.69) is 4.98 Å². The number of methoxy groups -OCH3 is 1. The molecule has 116 valence electrons. The fourth-order valence-electron chi connectivity index (χ4n) is 2.45. The molecule has 1 aromatic heterocycles. The highest BCUT2D eigenvalue weighted by molar-refractivity contribution is 7.22. The summed E-state index contributed by atoms with van der Waals surface area (Å²) in [5.41, 5.74) is 1.33. The van der Waals surface area contributed by atoms with E-state index in [1.807, 2.05) is 12.1 Å². The van der Waals surface area contributed by atoms with Crippen LogP contribution in [0.15, 0.2) is 30.3 Å². The lowest BCUT2D eigenvalue weighted by atomic mass is 10.2. The largest absolute Gasteiger partial charge is 0.490 e. The first kappa shape index (κ1) is 13.8. The molecule has 0 saturated heterocycles. The molecule has 1 aliphatic heterocycles. The topological polar surface area (TPSA) is 83.7 Å². The number of benzene rings is 2. The van der Waals surface area contributed by atoms with Crippen molar-refractivity contribution in [2.45, 2.75) is 0 Å². The van der Waals surface area contributed by atoms with Crippen LogP contribution in [0.4, 0.5) is 5.69 Å². The average molecular weight is 330 g/mol. The van der Waals surface area contributed by atoms with Crippen molar-refractivity contribution >= 4 is 27.2 Å². The van der Waals surface area contributed by atoms with Gasteiger partial charge in [-0.25, -0.2) is 4.98 Å². The van der Waals surface area contributed by atoms with Crippen LogP contribution in [-0.4, -0.2) is 23.8 Å². The highest BCUT2D eigenvalue weighted by Gasteiger charge is 2.23. The van der Waals surface area contributed by atoms with Crippen molar-refractivity contribution < 1.29 is 19.1 Å². The first-order valence-corrected chi connectivity index (χ1v) is 7.51. The number of hydrogen-bond donors (Lipinski definition) is 0. The molecular formula is C15H10N2O5S. The van der Waals surface area contributed by atoms with Gasteiger partial charge in [0, 0.05) is 5.56 Å². The summed E-state index contributed by atoms with van der Waals surface area (Å²) in [5, 5.41) is 12.0. The highest BCUT2D eigenvalue weighted by Crippen LogP contribution is 2.43. The zero-order chi connectivity index (χ0) is 16.0. The van der Waals surface area contributed by atoms with Crippen LogP contribution < -0.4 is 14.2 Å². The fraction of sp³-hybridized carbons (Fsp3) is 0.133. The summed E-state index contributed by atoms with van der Waals surface area (Å²) in [4.78, 5) is 15.4. The third-order valence-corrected chi connectivity index (χ3v) is 4.64. The van der Waals surface area contributed by atoms with E-state index < -0.39 is 4.92 Å². The van der Waals surface area contributed by atoms with E-state index in [9.17, 15) is 10.1 Å². The minimum Gasteiger partial charge on any atom is -0.490 e. The average Bonchev–Trinajstić information content (AvgIpc) is 3.18. The predicted molar refractivity (Wildman–Crippen MR) is 84.4 cm³/mol. The number of nitro groups is 1. The summed E-state index contributed by atoms with van der Waals surface area (Å²) >= 11 is 1.25. The molecule has 4 rings (SSSR count). The van der Waals surface area contributed by atoms with Crippen LogP contribution in [0, 0.1) is 10.1 Å². The number of aromatic nitrogens is 1. The smallest absolute Gasteiger partial charge is 0.330 e. The first-order valence-electron chi connectivity index (χ1n) is 6.69. The van der Waals surface area contributed by atoms with E-state index in [-0.39, 0.29) is 18.2 Å². The fourth-order valence-corrected chi connectivity index (χ4v) is 3.52. The Balaban J connectivity index is 1.89. The van der Waals surface area contributed by atoms with E-state index in [1.165, 1.54) is 18.4 Å². The molecule has 7 nitrogen and oxygen atoms in total. The second-order valence-corrected chi connectivity index (χ2v) is 5.81. The number of nitro benzene ring substituents is 1. The quantitative estimate of drug-likeness (QED) is 0.539. The summed E-state index contributed by atoms with van der Waals surface area (Å²) in [6.45, 7) is 0.196. The van der Waals surface area contributed by atoms with Crippen LogP contribution in [0.1, 0.15) is 0 Å². The molecule has 1 aliphatic rings. The Labute approximate surface area is 134 Å². The van der Waals surface area contributed by atoms with Crippen molar-refractivity contribution in [3.8, 4) is 27.8 Å². The van der Waals surface area contributed by atoms with Gasteiger partial charge in [0.25, 0.3) is 0 Å². The minimum absolute atomic E-state index is 0.0607. The van der Waals surface area contributed by atoms with Gasteiger partial charge in [-0.15, -0.1) is 11.3 Å². The van der Waals surface area contributed by atoms with Gasteiger partial charge in [-0.1, -0.05) is 0 Å². The van der Waals surface area contributed by atoms with E-state index in [1.54, 1.807) is 18.2 Å². The molecule has 0 radical (unpaired) electrons. The van der Waals surface area contributed by atoms with Crippen molar-refractivity contribution in [1.82, 2.24) is 4.98 Å². The van der Waals surface area contributed by atoms with Crippen molar-refractivity contribution in [3.63, 3.8) is 0 Å². The highest BCUT2D eigenvalue weighted by atomic mass is 32.1. The Morgan fingerprint density at radius 3 is 2.87 bits per heavy atom. The van der Waals surface area contributed by atoms with Gasteiger partial charge in [-0.05, 0) is 30.3 Å². The van der Waals surface area contributed by atoms with Crippen LogP contribution in [0.5, 0.6) is 17.2 Å². The minimum atomic E-state index is -0.442. The normalized spacial score (nSPS) is 12.6. The summed E-state index contributed by atoms with van der Waals surface area (Å²) < 4.78 is 16.2. The Hall–Kier alpha value is -2.87. The number of hydrogen-bond acceptors (Lipinski definition) is 7. The summed E-state index contributed by atoms with van der Waals surface area (Å²) in [6, 6.07) is 8.76. The van der Waals surface area contributed by atoms with Crippen molar-refractivity contribution in [3.05, 3.63) is 40.4 Å². The predicted octanol–water partition coefficient (Wildman–Crippen LogP) is 3.61. The molecular weight excluding hydrogens is 320 g/mol. The maximum absolute atomic E-state index is 11.4. The van der Waals surface area contributed by atoms with E-state index in [4.69, 9.17) is 14.2 Å². The molecule has 0 spiro atoms. The van der Waals surface area contributed by atoms with Crippen LogP contribution in [0.3, 0.4) is 0 Å². The first-order chi connectivity index (χ1) is 11.2. The number of ether oxygens (including phenoxy) is 3. The lowest BCUT2D eigenvalue weighted by Gasteiger charge is -2.00. The van der Waals surface area contributed by atoms with Gasteiger partial charge in [0.15, 0.2) is 17.2 Å². The van der Waals surface area contributed by atoms with Gasteiger partial charge in [0.1, 0.15) is 9.71 Å². The molecule has 3 aromatic rings. The number of fused-ring (bicyclic) bond motifs is 2. The van der Waals surface area contributed by atoms with Gasteiger partial charge in [0.2, 0.25) is 6.79 Å². The second-order valence-electron chi connectivity index (χ2n) is 4.81. The van der Waals surface area contributed by atoms with Crippen LogP contribution in [0.2, 0.25) is 0 Å². The molecule has 0 amide bonds. The Morgan fingerprint density at radius 1 is 1.26 bits per heavy atom. The van der Waals surface area contributed by atoms with Crippen molar-refractivity contribution in [2.75, 3.05) is 13.9 Å². The van der Waals surface area contributed by atoms with Gasteiger partial charge in [-0.2, -0.15) is 0 Å². The van der Waals surface area contributed by atoms with Crippen LogP contribution >= 0.6 is 11.3 Å². The Bertz CT molecular complexity index is 937.